The van der Waals surface area contributed by atoms with Crippen LogP contribution in [-0.2, 0) is 17.9 Å². The van der Waals surface area contributed by atoms with Gasteiger partial charge in [0, 0.05) is 34.8 Å². The molecule has 1 N–H and O–H groups in total. The number of aromatic hydroxyl groups is 1. The van der Waals surface area contributed by atoms with Crippen molar-refractivity contribution in [2.45, 2.75) is 38.4 Å². The average Bonchev–Trinajstić information content (AvgIpc) is 3.21. The van der Waals surface area contributed by atoms with Crippen molar-refractivity contribution in [1.82, 2.24) is 14.5 Å². The highest BCUT2D eigenvalue weighted by atomic mass is 79.9. The van der Waals surface area contributed by atoms with Crippen molar-refractivity contribution in [2.75, 3.05) is 20.8 Å². The van der Waals surface area contributed by atoms with E-state index in [2.05, 4.69) is 42.1 Å². The lowest BCUT2D eigenvalue weighted by Gasteiger charge is -2.36. The van der Waals surface area contributed by atoms with Gasteiger partial charge in [-0.25, -0.2) is 0 Å². The number of piperidine rings is 1. The van der Waals surface area contributed by atoms with Crippen LogP contribution in [0.4, 0.5) is 5.69 Å². The highest BCUT2D eigenvalue weighted by Crippen LogP contribution is 2.41. The molecular weight excluding hydrogens is 562 g/mol. The van der Waals surface area contributed by atoms with Crippen LogP contribution >= 0.6 is 15.9 Å². The summed E-state index contributed by atoms with van der Waals surface area (Å²) in [5.74, 6) is 0.650. The highest BCUT2D eigenvalue weighted by Gasteiger charge is 2.27. The number of carbonyl (C=O) groups excluding carboxylic acids is 1. The van der Waals surface area contributed by atoms with E-state index in [9.17, 15) is 9.90 Å². The van der Waals surface area contributed by atoms with Crippen molar-refractivity contribution in [3.63, 3.8) is 0 Å². The van der Waals surface area contributed by atoms with Gasteiger partial charge in [0.15, 0.2) is 17.2 Å². The topological polar surface area (TPSA) is 102 Å². The number of hydrogen-bond acceptors (Lipinski definition) is 7. The molecule has 5 rings (SSSR count). The fourth-order valence-electron chi connectivity index (χ4n) is 5.14. The van der Waals surface area contributed by atoms with Crippen molar-refractivity contribution in [3.8, 4) is 17.4 Å². The van der Waals surface area contributed by atoms with Crippen molar-refractivity contribution in [3.05, 3.63) is 76.5 Å². The lowest BCUT2D eigenvalue weighted by atomic mass is 9.97. The number of methoxy groups -OCH3 is 2. The second kappa shape index (κ2) is 12.0. The number of benzene rings is 2. The second-order valence-electron chi connectivity index (χ2n) is 9.47. The lowest BCUT2D eigenvalue weighted by molar-refractivity contribution is -0.117. The number of likely N-dealkylation sites (tertiary alicyclic amines) is 1. The summed E-state index contributed by atoms with van der Waals surface area (Å²) >= 11 is 3.52. The van der Waals surface area contributed by atoms with Crippen molar-refractivity contribution in [1.29, 1.82) is 0 Å². The molecule has 2 aromatic carbocycles. The molecule has 1 amide bonds. The Morgan fingerprint density at radius 1 is 1.13 bits per heavy atom. The third kappa shape index (κ3) is 5.81. The van der Waals surface area contributed by atoms with Gasteiger partial charge in [0.1, 0.15) is 0 Å². The minimum atomic E-state index is -0.440. The van der Waals surface area contributed by atoms with Crippen molar-refractivity contribution < 1.29 is 19.4 Å². The first-order chi connectivity index (χ1) is 19.0. The van der Waals surface area contributed by atoms with Gasteiger partial charge in [0.25, 0.3) is 5.91 Å². The summed E-state index contributed by atoms with van der Waals surface area (Å²) < 4.78 is 13.3. The molecule has 1 atom stereocenters. The number of hydrogen-bond donors (Lipinski definition) is 1. The highest BCUT2D eigenvalue weighted by molar-refractivity contribution is 9.10. The molecule has 10 heteroatoms. The average molecular weight is 592 g/mol. The monoisotopic (exact) mass is 591 g/mol. The van der Waals surface area contributed by atoms with E-state index in [1.165, 1.54) is 0 Å². The zero-order chi connectivity index (χ0) is 27.4. The number of carbonyl (C=O) groups is 1. The fraction of sp³-hybridized carbons (Fsp3) is 0.310. The number of azo groups is 1. The molecule has 1 aliphatic heterocycles. The molecule has 0 spiro atoms. The Balaban J connectivity index is 1.42. The van der Waals surface area contributed by atoms with E-state index in [0.29, 0.717) is 23.6 Å². The normalized spacial score (nSPS) is 16.1. The quantitative estimate of drug-likeness (QED) is 0.233. The van der Waals surface area contributed by atoms with E-state index in [0.717, 1.165) is 46.9 Å². The Morgan fingerprint density at radius 2 is 1.97 bits per heavy atom. The summed E-state index contributed by atoms with van der Waals surface area (Å²) in [6.07, 6.45) is 6.98. The first kappa shape index (κ1) is 26.8. The lowest BCUT2D eigenvalue weighted by Crippen LogP contribution is -2.34. The van der Waals surface area contributed by atoms with E-state index in [1.807, 2.05) is 35.0 Å². The molecule has 0 saturated carbocycles. The Hall–Kier alpha value is -3.76. The third-order valence-corrected chi connectivity index (χ3v) is 7.54. The maximum absolute atomic E-state index is 12.7. The molecule has 1 fully saturated rings. The summed E-state index contributed by atoms with van der Waals surface area (Å²) in [6, 6.07) is 15.3. The van der Waals surface area contributed by atoms with E-state index in [1.54, 1.807) is 38.6 Å². The van der Waals surface area contributed by atoms with Gasteiger partial charge in [0.05, 0.1) is 32.8 Å². The van der Waals surface area contributed by atoms with E-state index in [4.69, 9.17) is 9.47 Å². The van der Waals surface area contributed by atoms with Gasteiger partial charge in [0.2, 0.25) is 5.88 Å². The maximum Gasteiger partial charge on any atom is 0.269 e. The Labute approximate surface area is 235 Å². The van der Waals surface area contributed by atoms with Crippen molar-refractivity contribution in [2.24, 2.45) is 10.2 Å². The van der Waals surface area contributed by atoms with Crippen LogP contribution in [0.2, 0.25) is 0 Å². The molecule has 1 unspecified atom stereocenters. The van der Waals surface area contributed by atoms with Crippen LogP contribution in [-0.4, -0.2) is 46.2 Å². The number of amides is 1. The number of fused-ring (bicyclic) bond motifs is 1. The molecular formula is C29H30BrN5O4. The van der Waals surface area contributed by atoms with Gasteiger partial charge in [-0.2, -0.15) is 0 Å². The summed E-state index contributed by atoms with van der Waals surface area (Å²) in [5.41, 5.74) is 2.96. The molecule has 9 nitrogen and oxygen atoms in total. The molecule has 3 heterocycles. The first-order valence-corrected chi connectivity index (χ1v) is 13.6. The zero-order valence-corrected chi connectivity index (χ0v) is 23.5. The Morgan fingerprint density at radius 3 is 2.74 bits per heavy atom. The molecule has 202 valence electrons. The van der Waals surface area contributed by atoms with Gasteiger partial charge in [-0.1, -0.05) is 34.5 Å². The summed E-state index contributed by atoms with van der Waals surface area (Å²) in [6.45, 7) is 1.37. The Bertz CT molecular complexity index is 1500. The zero-order valence-electron chi connectivity index (χ0n) is 21.9. The van der Waals surface area contributed by atoms with Crippen LogP contribution in [0.15, 0.2) is 75.6 Å². The van der Waals surface area contributed by atoms with Crippen LogP contribution in [0.25, 0.3) is 10.9 Å². The van der Waals surface area contributed by atoms with Gasteiger partial charge in [-0.05, 0) is 60.4 Å². The van der Waals surface area contributed by atoms with Crippen LogP contribution in [0.3, 0.4) is 0 Å². The van der Waals surface area contributed by atoms with E-state index >= 15 is 0 Å². The van der Waals surface area contributed by atoms with Gasteiger partial charge in [-0.3, -0.25) is 19.2 Å². The Kier molecular flexibility index (Phi) is 8.23. The fourth-order valence-corrected chi connectivity index (χ4v) is 5.50. The number of nitrogens with zero attached hydrogens (tertiary/aromatic N) is 5. The third-order valence-electron chi connectivity index (χ3n) is 7.04. The number of rotatable bonds is 8. The molecule has 0 radical (unpaired) electrons. The predicted molar refractivity (Wildman–Crippen MR) is 152 cm³/mol. The van der Waals surface area contributed by atoms with Crippen molar-refractivity contribution >= 4 is 38.4 Å². The van der Waals surface area contributed by atoms with Gasteiger partial charge >= 0.3 is 0 Å². The van der Waals surface area contributed by atoms with Crippen LogP contribution in [0.1, 0.15) is 36.4 Å². The largest absolute Gasteiger partial charge is 0.493 e. The summed E-state index contributed by atoms with van der Waals surface area (Å²) in [5, 5.41) is 20.2. The van der Waals surface area contributed by atoms with E-state index < -0.39 is 5.91 Å². The second-order valence-corrected chi connectivity index (χ2v) is 10.4. The van der Waals surface area contributed by atoms with Crippen LogP contribution in [0, 0.1) is 0 Å². The number of ether oxygens (including phenoxy) is 2. The number of halogens is 1. The number of aromatic nitrogens is 2. The summed E-state index contributed by atoms with van der Waals surface area (Å²) in [7, 11) is 3.10. The smallest absolute Gasteiger partial charge is 0.269 e. The predicted octanol–water partition coefficient (Wildman–Crippen LogP) is 6.56. The standard InChI is InChI=1S/C29H30BrN5O4/c1-38-25-11-8-19(14-26(25)39-2)15-27(36)32-33-28-22-16-21(30)9-10-24(22)35(29(28)37)18-34-13-4-3-7-23(34)20-6-5-12-31-17-20/h5-6,8-12,14,16-17,23,37H,3-4,7,13,15,18H2,1-2H3. The van der Waals surface area contributed by atoms with Crippen LogP contribution < -0.4 is 9.47 Å². The molecule has 0 aliphatic carbocycles. The molecule has 4 aromatic rings. The molecule has 1 aliphatic rings. The SMILES string of the molecule is COc1ccc(CC(=O)N=Nc2c(O)n(CN3CCCCC3c3cccnc3)c3ccc(Br)cc23)cc1OC. The first-order valence-electron chi connectivity index (χ1n) is 12.8. The van der Waals surface area contributed by atoms with Crippen LogP contribution in [0.5, 0.6) is 17.4 Å². The molecule has 2 aromatic heterocycles. The molecule has 0 bridgehead atoms. The summed E-state index contributed by atoms with van der Waals surface area (Å²) in [4.78, 5) is 19.4. The molecule has 39 heavy (non-hydrogen) atoms. The minimum absolute atomic E-state index is 0.0266. The van der Waals surface area contributed by atoms with Gasteiger partial charge in [-0.15, -0.1) is 10.2 Å². The van der Waals surface area contributed by atoms with Gasteiger partial charge < -0.3 is 14.6 Å². The molecule has 1 saturated heterocycles. The maximum atomic E-state index is 12.7. The minimum Gasteiger partial charge on any atom is -0.493 e. The number of pyridine rings is 1. The van der Waals surface area contributed by atoms with E-state index in [-0.39, 0.29) is 24.0 Å².